The van der Waals surface area contributed by atoms with Crippen LogP contribution in [0, 0.1) is 12.3 Å². The molecule has 96 valence electrons. The van der Waals surface area contributed by atoms with Gasteiger partial charge in [0.1, 0.15) is 12.4 Å². The molecule has 0 aliphatic rings. The normalized spacial score (nSPS) is 9.95. The molecule has 0 aliphatic heterocycles. The molecule has 0 unspecified atom stereocenters. The van der Waals surface area contributed by atoms with Crippen molar-refractivity contribution in [2.24, 2.45) is 0 Å². The van der Waals surface area contributed by atoms with Crippen LogP contribution in [-0.2, 0) is 6.61 Å². The fraction of sp³-hybridized carbons (Fsp3) is 0.125. The number of hydrogen-bond acceptors (Lipinski definition) is 3. The molecule has 2 aromatic rings. The van der Waals surface area contributed by atoms with Gasteiger partial charge in [-0.25, -0.2) is 0 Å². The van der Waals surface area contributed by atoms with Crippen molar-refractivity contribution in [1.29, 1.82) is 5.41 Å². The summed E-state index contributed by atoms with van der Waals surface area (Å²) in [6.07, 6.45) is 0.826. The van der Waals surface area contributed by atoms with Crippen LogP contribution in [-0.4, -0.2) is 12.0 Å². The highest BCUT2D eigenvalue weighted by atomic mass is 16.5. The Bertz CT molecular complexity index is 605. The summed E-state index contributed by atoms with van der Waals surface area (Å²) in [5, 5.41) is 7.06. The first-order chi connectivity index (χ1) is 9.22. The van der Waals surface area contributed by atoms with Gasteiger partial charge >= 0.3 is 0 Å². The summed E-state index contributed by atoms with van der Waals surface area (Å²) in [6, 6.07) is 14.9. The highest BCUT2D eigenvalue weighted by Gasteiger charge is 2.09. The van der Waals surface area contributed by atoms with Gasteiger partial charge in [-0.15, -0.1) is 0 Å². The standard InChI is InChI=1S/C16H15NO2/c1-12-6-2-5-9-16(12)19-11-13-7-3-4-8-14(13)15(18)10-17/h2-10,17H,11H2,1H3. The highest BCUT2D eigenvalue weighted by Crippen LogP contribution is 2.19. The molecule has 2 rings (SSSR count). The summed E-state index contributed by atoms with van der Waals surface area (Å²) in [5.41, 5.74) is 2.36. The van der Waals surface area contributed by atoms with E-state index >= 15 is 0 Å². The van der Waals surface area contributed by atoms with E-state index in [1.807, 2.05) is 43.3 Å². The van der Waals surface area contributed by atoms with E-state index in [4.69, 9.17) is 10.1 Å². The summed E-state index contributed by atoms with van der Waals surface area (Å²) >= 11 is 0. The third-order valence-corrected chi connectivity index (χ3v) is 2.89. The Morgan fingerprint density at radius 2 is 1.84 bits per heavy atom. The van der Waals surface area contributed by atoms with E-state index in [0.717, 1.165) is 23.1 Å². The van der Waals surface area contributed by atoms with E-state index in [2.05, 4.69) is 0 Å². The van der Waals surface area contributed by atoms with Crippen LogP contribution in [0.1, 0.15) is 21.5 Å². The maximum absolute atomic E-state index is 11.6. The van der Waals surface area contributed by atoms with Crippen molar-refractivity contribution in [2.75, 3.05) is 0 Å². The molecule has 3 heteroatoms. The molecule has 3 nitrogen and oxygen atoms in total. The number of benzene rings is 2. The molecule has 0 atom stereocenters. The molecule has 0 spiro atoms. The maximum Gasteiger partial charge on any atom is 0.203 e. The van der Waals surface area contributed by atoms with Crippen molar-refractivity contribution >= 4 is 12.0 Å². The van der Waals surface area contributed by atoms with Gasteiger partial charge < -0.3 is 10.1 Å². The summed E-state index contributed by atoms with van der Waals surface area (Å²) in [4.78, 5) is 11.6. The smallest absolute Gasteiger partial charge is 0.203 e. The Morgan fingerprint density at radius 3 is 2.58 bits per heavy atom. The lowest BCUT2D eigenvalue weighted by Crippen LogP contribution is -2.07. The van der Waals surface area contributed by atoms with Crippen molar-refractivity contribution < 1.29 is 9.53 Å². The highest BCUT2D eigenvalue weighted by molar-refractivity contribution is 6.34. The number of nitrogens with one attached hydrogen (secondary N) is 1. The summed E-state index contributed by atoms with van der Waals surface area (Å²) in [6.45, 7) is 2.30. The first-order valence-electron chi connectivity index (χ1n) is 6.03. The van der Waals surface area contributed by atoms with Gasteiger partial charge in [-0.1, -0.05) is 42.5 Å². The first kappa shape index (κ1) is 13.0. The Balaban J connectivity index is 2.18. The topological polar surface area (TPSA) is 50.2 Å². The van der Waals surface area contributed by atoms with Crippen LogP contribution in [0.15, 0.2) is 48.5 Å². The number of ether oxygens (including phenoxy) is 1. The van der Waals surface area contributed by atoms with Gasteiger partial charge in [-0.3, -0.25) is 4.79 Å². The number of rotatable bonds is 5. The molecule has 0 aliphatic carbocycles. The molecule has 19 heavy (non-hydrogen) atoms. The fourth-order valence-corrected chi connectivity index (χ4v) is 1.84. The van der Waals surface area contributed by atoms with Crippen LogP contribution >= 0.6 is 0 Å². The lowest BCUT2D eigenvalue weighted by molar-refractivity contribution is 0.106. The number of Topliss-reactive ketones (excluding diaryl/α,β-unsaturated/α-hetero) is 1. The summed E-state index contributed by atoms with van der Waals surface area (Å²) in [7, 11) is 0. The van der Waals surface area contributed by atoms with Gasteiger partial charge in [0.15, 0.2) is 0 Å². The number of carbonyl (C=O) groups is 1. The van der Waals surface area contributed by atoms with Crippen molar-refractivity contribution in [3.63, 3.8) is 0 Å². The van der Waals surface area contributed by atoms with Crippen LogP contribution in [0.3, 0.4) is 0 Å². The molecule has 0 aromatic heterocycles. The van der Waals surface area contributed by atoms with Crippen LogP contribution in [0.5, 0.6) is 5.75 Å². The number of para-hydroxylation sites is 1. The monoisotopic (exact) mass is 253 g/mol. The predicted molar refractivity (Wildman–Crippen MR) is 75.1 cm³/mol. The predicted octanol–water partition coefficient (Wildman–Crippen LogP) is 3.41. The van der Waals surface area contributed by atoms with E-state index in [1.54, 1.807) is 12.1 Å². The third-order valence-electron chi connectivity index (χ3n) is 2.89. The molecule has 0 saturated carbocycles. The SMILES string of the molecule is Cc1ccccc1OCc1ccccc1C(=O)C=N. The van der Waals surface area contributed by atoms with E-state index in [-0.39, 0.29) is 5.78 Å². The Hall–Kier alpha value is -2.42. The van der Waals surface area contributed by atoms with Gasteiger partial charge in [0, 0.05) is 11.1 Å². The maximum atomic E-state index is 11.6. The van der Waals surface area contributed by atoms with E-state index in [0.29, 0.717) is 12.2 Å². The molecular weight excluding hydrogens is 238 g/mol. The molecule has 2 aromatic carbocycles. The molecule has 0 saturated heterocycles. The quantitative estimate of drug-likeness (QED) is 0.655. The molecule has 0 heterocycles. The van der Waals surface area contributed by atoms with Crippen molar-refractivity contribution in [2.45, 2.75) is 13.5 Å². The number of carbonyl (C=O) groups excluding carboxylic acids is 1. The van der Waals surface area contributed by atoms with Crippen LogP contribution in [0.4, 0.5) is 0 Å². The second-order valence-corrected chi connectivity index (χ2v) is 4.22. The Morgan fingerprint density at radius 1 is 1.16 bits per heavy atom. The third kappa shape index (κ3) is 3.07. The fourth-order valence-electron chi connectivity index (χ4n) is 1.84. The second kappa shape index (κ2) is 5.96. The Labute approximate surface area is 112 Å². The minimum Gasteiger partial charge on any atom is -0.489 e. The van der Waals surface area contributed by atoms with Gasteiger partial charge in [0.2, 0.25) is 5.78 Å². The van der Waals surface area contributed by atoms with Crippen LogP contribution in [0.25, 0.3) is 0 Å². The summed E-state index contributed by atoms with van der Waals surface area (Å²) in [5.74, 6) is 0.503. The molecule has 0 bridgehead atoms. The molecule has 0 fully saturated rings. The van der Waals surface area contributed by atoms with Crippen LogP contribution < -0.4 is 4.74 Å². The zero-order valence-corrected chi connectivity index (χ0v) is 10.7. The average molecular weight is 253 g/mol. The molecule has 0 radical (unpaired) electrons. The van der Waals surface area contributed by atoms with E-state index in [9.17, 15) is 4.79 Å². The van der Waals surface area contributed by atoms with Crippen molar-refractivity contribution in [1.82, 2.24) is 0 Å². The van der Waals surface area contributed by atoms with Gasteiger partial charge in [-0.05, 0) is 18.6 Å². The van der Waals surface area contributed by atoms with Crippen molar-refractivity contribution in [3.8, 4) is 5.75 Å². The lowest BCUT2D eigenvalue weighted by Gasteiger charge is -2.11. The largest absolute Gasteiger partial charge is 0.489 e. The minimum absolute atomic E-state index is 0.302. The average Bonchev–Trinajstić information content (AvgIpc) is 2.46. The van der Waals surface area contributed by atoms with E-state index < -0.39 is 0 Å². The molecule has 0 amide bonds. The zero-order valence-electron chi connectivity index (χ0n) is 10.7. The van der Waals surface area contributed by atoms with Gasteiger partial charge in [0.25, 0.3) is 0 Å². The van der Waals surface area contributed by atoms with Crippen molar-refractivity contribution in [3.05, 3.63) is 65.2 Å². The second-order valence-electron chi connectivity index (χ2n) is 4.22. The van der Waals surface area contributed by atoms with Gasteiger partial charge in [0.05, 0.1) is 6.21 Å². The number of hydrogen-bond donors (Lipinski definition) is 1. The Kier molecular flexibility index (Phi) is 4.08. The lowest BCUT2D eigenvalue weighted by atomic mass is 10.0. The van der Waals surface area contributed by atoms with E-state index in [1.165, 1.54) is 0 Å². The van der Waals surface area contributed by atoms with Gasteiger partial charge in [-0.2, -0.15) is 0 Å². The zero-order chi connectivity index (χ0) is 13.7. The van der Waals surface area contributed by atoms with Crippen LogP contribution in [0.2, 0.25) is 0 Å². The first-order valence-corrected chi connectivity index (χ1v) is 6.03. The summed E-state index contributed by atoms with van der Waals surface area (Å²) < 4.78 is 5.73. The number of ketones is 1. The molecular formula is C16H15NO2. The minimum atomic E-state index is -0.302. The number of aryl methyl sites for hydroxylation is 1. The molecule has 1 N–H and O–H groups in total.